The third kappa shape index (κ3) is 5.85. The molecule has 2 aromatic carbocycles. The molecule has 1 atom stereocenters. The van der Waals surface area contributed by atoms with Crippen molar-refractivity contribution in [3.05, 3.63) is 82.3 Å². The third-order valence-corrected chi connectivity index (χ3v) is 9.10. The molecule has 9 nitrogen and oxygen atoms in total. The maximum Gasteiger partial charge on any atom is 0.234 e. The molecule has 41 heavy (non-hydrogen) atoms. The average molecular weight is 587 g/mol. The van der Waals surface area contributed by atoms with Gasteiger partial charge in [-0.2, -0.15) is 5.26 Å². The van der Waals surface area contributed by atoms with E-state index in [9.17, 15) is 14.9 Å². The quantitative estimate of drug-likeness (QED) is 0.343. The predicted molar refractivity (Wildman–Crippen MR) is 161 cm³/mol. The minimum Gasteiger partial charge on any atom is -0.497 e. The SMILES string of the molecule is COc1cccc(C2C(C#N)=C(N)N(c3nnc(SCC(=O)Nc4ccc(C)cc4)s3)C3=C2C(=O)CC(C)(C)C3)c1. The Hall–Kier alpha value is -4.14. The van der Waals surface area contributed by atoms with E-state index in [4.69, 9.17) is 10.5 Å². The van der Waals surface area contributed by atoms with E-state index < -0.39 is 5.92 Å². The summed E-state index contributed by atoms with van der Waals surface area (Å²) >= 11 is 2.53. The number of nitriles is 1. The lowest BCUT2D eigenvalue weighted by Gasteiger charge is -2.42. The Morgan fingerprint density at radius 2 is 2.00 bits per heavy atom. The first-order valence-corrected chi connectivity index (χ1v) is 14.8. The normalized spacial score (nSPS) is 18.2. The summed E-state index contributed by atoms with van der Waals surface area (Å²) in [5, 5.41) is 22.3. The number of carbonyl (C=O) groups excluding carboxylic acids is 2. The van der Waals surface area contributed by atoms with Gasteiger partial charge in [-0.15, -0.1) is 10.2 Å². The molecule has 1 aliphatic carbocycles. The van der Waals surface area contributed by atoms with Gasteiger partial charge in [0.2, 0.25) is 11.0 Å². The van der Waals surface area contributed by atoms with Crippen LogP contribution in [0.3, 0.4) is 0 Å². The molecule has 1 aromatic heterocycles. The van der Waals surface area contributed by atoms with Crippen LogP contribution in [0, 0.1) is 23.7 Å². The number of nitrogens with two attached hydrogens (primary N) is 1. The molecule has 3 N–H and O–H groups in total. The number of benzene rings is 2. The fourth-order valence-electron chi connectivity index (χ4n) is 5.19. The Labute approximate surface area is 247 Å². The molecule has 5 rings (SSSR count). The van der Waals surface area contributed by atoms with Gasteiger partial charge < -0.3 is 15.8 Å². The largest absolute Gasteiger partial charge is 0.497 e. The molecule has 1 aliphatic heterocycles. The average Bonchev–Trinajstić information content (AvgIpc) is 3.40. The highest BCUT2D eigenvalue weighted by Gasteiger charge is 2.45. The van der Waals surface area contributed by atoms with Gasteiger partial charge in [-0.1, -0.05) is 66.8 Å². The van der Waals surface area contributed by atoms with Gasteiger partial charge in [-0.25, -0.2) is 0 Å². The Morgan fingerprint density at radius 3 is 2.71 bits per heavy atom. The molecule has 0 fully saturated rings. The molecule has 2 heterocycles. The predicted octanol–water partition coefficient (Wildman–Crippen LogP) is 5.53. The zero-order valence-corrected chi connectivity index (χ0v) is 24.9. The van der Waals surface area contributed by atoms with Gasteiger partial charge in [0.25, 0.3) is 0 Å². The molecule has 2 aliphatic rings. The van der Waals surface area contributed by atoms with E-state index in [0.717, 1.165) is 22.5 Å². The molecular weight excluding hydrogens is 557 g/mol. The summed E-state index contributed by atoms with van der Waals surface area (Å²) in [7, 11) is 1.58. The van der Waals surface area contributed by atoms with E-state index in [1.54, 1.807) is 12.0 Å². The van der Waals surface area contributed by atoms with Crippen LogP contribution >= 0.6 is 23.1 Å². The number of Topliss-reactive ketones (excluding diaryl/α,β-unsaturated/α-hetero) is 1. The van der Waals surface area contributed by atoms with E-state index in [2.05, 4.69) is 21.6 Å². The van der Waals surface area contributed by atoms with Gasteiger partial charge in [0.15, 0.2) is 10.1 Å². The molecule has 11 heteroatoms. The summed E-state index contributed by atoms with van der Waals surface area (Å²) in [6, 6.07) is 17.2. The van der Waals surface area contributed by atoms with Crippen LogP contribution in [0.1, 0.15) is 43.7 Å². The minimum absolute atomic E-state index is 0.0267. The fraction of sp³-hybridized carbons (Fsp3) is 0.300. The number of ketones is 1. The van der Waals surface area contributed by atoms with Gasteiger partial charge >= 0.3 is 0 Å². The monoisotopic (exact) mass is 586 g/mol. The molecular formula is C30H30N6O3S2. The number of thioether (sulfide) groups is 1. The number of aryl methyl sites for hydroxylation is 1. The second kappa shape index (κ2) is 11.4. The molecule has 1 unspecified atom stereocenters. The lowest BCUT2D eigenvalue weighted by atomic mass is 9.68. The number of amides is 1. The maximum atomic E-state index is 13.7. The summed E-state index contributed by atoms with van der Waals surface area (Å²) in [5.41, 5.74) is 10.5. The van der Waals surface area contributed by atoms with Crippen LogP contribution in [0.2, 0.25) is 0 Å². The third-order valence-electron chi connectivity index (χ3n) is 7.06. The zero-order valence-electron chi connectivity index (χ0n) is 23.2. The van der Waals surface area contributed by atoms with Crippen LogP contribution in [0.5, 0.6) is 5.75 Å². The Kier molecular flexibility index (Phi) is 7.89. The van der Waals surface area contributed by atoms with Crippen molar-refractivity contribution in [1.82, 2.24) is 10.2 Å². The summed E-state index contributed by atoms with van der Waals surface area (Å²) in [6.07, 6.45) is 0.918. The van der Waals surface area contributed by atoms with Crippen LogP contribution in [-0.2, 0) is 9.59 Å². The number of methoxy groups -OCH3 is 1. The summed E-state index contributed by atoms with van der Waals surface area (Å²) in [5.74, 6) is 0.191. The molecule has 0 bridgehead atoms. The highest BCUT2D eigenvalue weighted by molar-refractivity contribution is 8.01. The summed E-state index contributed by atoms with van der Waals surface area (Å²) in [4.78, 5) is 27.9. The number of nitrogens with zero attached hydrogens (tertiary/aromatic N) is 4. The van der Waals surface area contributed by atoms with Gasteiger partial charge in [-0.3, -0.25) is 14.5 Å². The number of carbonyl (C=O) groups is 2. The summed E-state index contributed by atoms with van der Waals surface area (Å²) in [6.45, 7) is 6.07. The Morgan fingerprint density at radius 1 is 1.24 bits per heavy atom. The summed E-state index contributed by atoms with van der Waals surface area (Å²) < 4.78 is 5.99. The molecule has 3 aromatic rings. The second-order valence-electron chi connectivity index (χ2n) is 10.8. The number of aromatic nitrogens is 2. The number of hydrogen-bond donors (Lipinski definition) is 2. The van der Waals surface area contributed by atoms with Crippen molar-refractivity contribution < 1.29 is 14.3 Å². The molecule has 210 valence electrons. The maximum absolute atomic E-state index is 13.7. The number of rotatable bonds is 7. The van der Waals surface area contributed by atoms with Crippen molar-refractivity contribution in [3.63, 3.8) is 0 Å². The first kappa shape index (κ1) is 28.4. The highest BCUT2D eigenvalue weighted by atomic mass is 32.2. The molecule has 0 saturated heterocycles. The van der Waals surface area contributed by atoms with Crippen LogP contribution in [0.25, 0.3) is 0 Å². The van der Waals surface area contributed by atoms with Crippen molar-refractivity contribution in [2.24, 2.45) is 11.1 Å². The standard InChI is InChI=1S/C30H30N6O3S2/c1-17-8-10-19(11-9-17)33-24(38)16-40-29-35-34-28(41-29)36-22-13-30(2,3)14-23(37)26(22)25(21(15-31)27(36)32)18-6-5-7-20(12-18)39-4/h5-12,25H,13-14,16,32H2,1-4H3,(H,33,38). The fourth-order valence-corrected chi connectivity index (χ4v) is 6.87. The molecule has 0 saturated carbocycles. The Balaban J connectivity index is 1.47. The number of nitrogens with one attached hydrogen (secondary N) is 1. The second-order valence-corrected chi connectivity index (χ2v) is 13.0. The van der Waals surface area contributed by atoms with Gasteiger partial charge in [0.05, 0.1) is 30.4 Å². The number of allylic oxidation sites excluding steroid dienone is 3. The van der Waals surface area contributed by atoms with Gasteiger partial charge in [0, 0.05) is 23.4 Å². The van der Waals surface area contributed by atoms with E-state index in [1.807, 2.05) is 69.3 Å². The first-order valence-electron chi connectivity index (χ1n) is 13.0. The van der Waals surface area contributed by atoms with Crippen molar-refractivity contribution >= 4 is 45.6 Å². The van der Waals surface area contributed by atoms with Crippen LogP contribution < -0.4 is 20.7 Å². The number of ether oxygens (including phenoxy) is 1. The smallest absolute Gasteiger partial charge is 0.234 e. The van der Waals surface area contributed by atoms with Crippen LogP contribution in [0.4, 0.5) is 10.8 Å². The topological polar surface area (TPSA) is 134 Å². The number of anilines is 2. The van der Waals surface area contributed by atoms with Crippen molar-refractivity contribution in [2.75, 3.05) is 23.1 Å². The van der Waals surface area contributed by atoms with Crippen molar-refractivity contribution in [2.45, 2.75) is 43.9 Å². The van der Waals surface area contributed by atoms with Crippen LogP contribution in [-0.4, -0.2) is 34.8 Å². The lowest BCUT2D eigenvalue weighted by Crippen LogP contribution is -2.42. The van der Waals surface area contributed by atoms with E-state index in [-0.39, 0.29) is 34.3 Å². The van der Waals surface area contributed by atoms with E-state index >= 15 is 0 Å². The molecule has 1 amide bonds. The van der Waals surface area contributed by atoms with E-state index in [0.29, 0.717) is 33.6 Å². The van der Waals surface area contributed by atoms with Gasteiger partial charge in [0.1, 0.15) is 11.6 Å². The van der Waals surface area contributed by atoms with Crippen LogP contribution in [0.15, 0.2) is 75.5 Å². The van der Waals surface area contributed by atoms with Gasteiger partial charge in [-0.05, 0) is 48.6 Å². The number of hydrogen-bond acceptors (Lipinski definition) is 10. The zero-order chi connectivity index (χ0) is 29.3. The Bertz CT molecular complexity index is 1620. The molecule has 0 spiro atoms. The molecule has 0 radical (unpaired) electrons. The first-order chi connectivity index (χ1) is 19.6. The lowest BCUT2D eigenvalue weighted by molar-refractivity contribution is -0.118. The van der Waals surface area contributed by atoms with Crippen molar-refractivity contribution in [3.8, 4) is 11.8 Å². The van der Waals surface area contributed by atoms with Crippen molar-refractivity contribution in [1.29, 1.82) is 5.26 Å². The van der Waals surface area contributed by atoms with E-state index in [1.165, 1.54) is 23.1 Å². The highest BCUT2D eigenvalue weighted by Crippen LogP contribution is 2.51. The minimum atomic E-state index is -0.614.